The highest BCUT2D eigenvalue weighted by molar-refractivity contribution is 5.77. The Bertz CT molecular complexity index is 257. The number of likely N-dealkylation sites (tertiary alicyclic amines) is 1. The molecular formula is C12H22N2O2. The second-order valence-corrected chi connectivity index (χ2v) is 4.85. The van der Waals surface area contributed by atoms with Crippen LogP contribution in [0.15, 0.2) is 0 Å². The molecule has 2 fully saturated rings. The van der Waals surface area contributed by atoms with Gasteiger partial charge in [0.15, 0.2) is 0 Å². The van der Waals surface area contributed by atoms with Crippen molar-refractivity contribution >= 4 is 5.91 Å². The van der Waals surface area contributed by atoms with Gasteiger partial charge < -0.3 is 15.0 Å². The zero-order valence-corrected chi connectivity index (χ0v) is 10.2. The minimum atomic E-state index is 0.267. The number of ether oxygens (including phenoxy) is 1. The molecule has 0 saturated carbocycles. The van der Waals surface area contributed by atoms with E-state index in [-0.39, 0.29) is 5.91 Å². The predicted molar refractivity (Wildman–Crippen MR) is 62.1 cm³/mol. The van der Waals surface area contributed by atoms with E-state index in [0.717, 1.165) is 26.1 Å². The molecule has 2 rings (SSSR count). The van der Waals surface area contributed by atoms with Crippen molar-refractivity contribution in [3.05, 3.63) is 0 Å². The average molecular weight is 226 g/mol. The van der Waals surface area contributed by atoms with Crippen LogP contribution in [-0.4, -0.2) is 50.2 Å². The van der Waals surface area contributed by atoms with E-state index in [1.54, 1.807) is 7.11 Å². The molecule has 1 amide bonds. The van der Waals surface area contributed by atoms with E-state index in [1.807, 2.05) is 0 Å². The van der Waals surface area contributed by atoms with Gasteiger partial charge in [0.05, 0.1) is 13.0 Å². The van der Waals surface area contributed by atoms with Crippen molar-refractivity contribution in [2.45, 2.75) is 25.8 Å². The molecule has 2 heterocycles. The maximum absolute atomic E-state index is 12.0. The average Bonchev–Trinajstić information content (AvgIpc) is 2.84. The normalized spacial score (nSPS) is 33.1. The molecule has 0 aromatic heterocycles. The number of carbonyl (C=O) groups is 1. The zero-order chi connectivity index (χ0) is 11.5. The molecular weight excluding hydrogens is 204 g/mol. The van der Waals surface area contributed by atoms with E-state index in [9.17, 15) is 4.79 Å². The molecule has 0 aromatic carbocycles. The van der Waals surface area contributed by atoms with Crippen LogP contribution in [0.1, 0.15) is 19.8 Å². The van der Waals surface area contributed by atoms with E-state index in [0.29, 0.717) is 30.9 Å². The standard InChI is InChI=1S/C12H22N2O2/c1-3-11-10-7-13-6-9(10)8-14(11)12(15)4-5-16-2/h9-11,13H,3-8H2,1-2H3. The molecule has 0 spiro atoms. The minimum Gasteiger partial charge on any atom is -0.384 e. The summed E-state index contributed by atoms with van der Waals surface area (Å²) in [6.07, 6.45) is 1.60. The Labute approximate surface area is 97.3 Å². The summed E-state index contributed by atoms with van der Waals surface area (Å²) in [4.78, 5) is 14.1. The van der Waals surface area contributed by atoms with Crippen LogP contribution in [0.4, 0.5) is 0 Å². The van der Waals surface area contributed by atoms with Crippen LogP contribution in [0.5, 0.6) is 0 Å². The van der Waals surface area contributed by atoms with E-state index < -0.39 is 0 Å². The van der Waals surface area contributed by atoms with Gasteiger partial charge >= 0.3 is 0 Å². The highest BCUT2D eigenvalue weighted by atomic mass is 16.5. The molecule has 0 aliphatic carbocycles. The monoisotopic (exact) mass is 226 g/mol. The topological polar surface area (TPSA) is 41.6 Å². The van der Waals surface area contributed by atoms with Crippen LogP contribution in [0.2, 0.25) is 0 Å². The summed E-state index contributed by atoms with van der Waals surface area (Å²) in [5.41, 5.74) is 0. The quantitative estimate of drug-likeness (QED) is 0.758. The van der Waals surface area contributed by atoms with Gasteiger partial charge in [-0.05, 0) is 18.3 Å². The maximum atomic E-state index is 12.0. The Morgan fingerprint density at radius 3 is 3.00 bits per heavy atom. The second kappa shape index (κ2) is 5.15. The van der Waals surface area contributed by atoms with Crippen molar-refractivity contribution in [2.75, 3.05) is 33.4 Å². The Morgan fingerprint density at radius 2 is 2.31 bits per heavy atom. The minimum absolute atomic E-state index is 0.267. The van der Waals surface area contributed by atoms with Crippen molar-refractivity contribution in [2.24, 2.45) is 11.8 Å². The largest absolute Gasteiger partial charge is 0.384 e. The lowest BCUT2D eigenvalue weighted by molar-refractivity contribution is -0.133. The van der Waals surface area contributed by atoms with Gasteiger partial charge in [-0.15, -0.1) is 0 Å². The lowest BCUT2D eigenvalue weighted by Crippen LogP contribution is -2.39. The molecule has 4 heteroatoms. The summed E-state index contributed by atoms with van der Waals surface area (Å²) in [7, 11) is 1.65. The molecule has 4 nitrogen and oxygen atoms in total. The Kier molecular flexibility index (Phi) is 3.82. The Balaban J connectivity index is 1.97. The van der Waals surface area contributed by atoms with Crippen LogP contribution >= 0.6 is 0 Å². The molecule has 2 aliphatic rings. The number of amides is 1. The molecule has 2 saturated heterocycles. The van der Waals surface area contributed by atoms with Crippen molar-refractivity contribution in [3.8, 4) is 0 Å². The van der Waals surface area contributed by atoms with Crippen LogP contribution in [0.3, 0.4) is 0 Å². The first-order valence-corrected chi connectivity index (χ1v) is 6.27. The fraction of sp³-hybridized carbons (Fsp3) is 0.917. The molecule has 92 valence electrons. The third kappa shape index (κ3) is 2.09. The first-order chi connectivity index (χ1) is 7.77. The fourth-order valence-corrected chi connectivity index (χ4v) is 3.17. The third-order valence-electron chi connectivity index (χ3n) is 3.98. The highest BCUT2D eigenvalue weighted by Gasteiger charge is 2.44. The lowest BCUT2D eigenvalue weighted by atomic mass is 9.93. The summed E-state index contributed by atoms with van der Waals surface area (Å²) in [5, 5.41) is 3.43. The van der Waals surface area contributed by atoms with Crippen LogP contribution in [0, 0.1) is 11.8 Å². The van der Waals surface area contributed by atoms with Gasteiger partial charge in [-0.2, -0.15) is 0 Å². The first kappa shape index (κ1) is 11.9. The first-order valence-electron chi connectivity index (χ1n) is 6.27. The molecule has 0 radical (unpaired) electrons. The molecule has 3 atom stereocenters. The molecule has 3 unspecified atom stereocenters. The number of methoxy groups -OCH3 is 1. The number of nitrogens with zero attached hydrogens (tertiary/aromatic N) is 1. The number of hydrogen-bond acceptors (Lipinski definition) is 3. The molecule has 0 bridgehead atoms. The molecule has 2 aliphatic heterocycles. The summed E-state index contributed by atoms with van der Waals surface area (Å²) in [5.74, 6) is 1.62. The Morgan fingerprint density at radius 1 is 1.50 bits per heavy atom. The number of nitrogens with one attached hydrogen (secondary N) is 1. The van der Waals surface area contributed by atoms with Gasteiger partial charge in [0.1, 0.15) is 0 Å². The lowest BCUT2D eigenvalue weighted by Gasteiger charge is -2.26. The van der Waals surface area contributed by atoms with Crippen molar-refractivity contribution in [1.82, 2.24) is 10.2 Å². The molecule has 1 N–H and O–H groups in total. The summed E-state index contributed by atoms with van der Waals surface area (Å²) in [6.45, 7) is 5.83. The maximum Gasteiger partial charge on any atom is 0.225 e. The van der Waals surface area contributed by atoms with E-state index in [4.69, 9.17) is 4.74 Å². The van der Waals surface area contributed by atoms with Gasteiger partial charge in [-0.25, -0.2) is 0 Å². The van der Waals surface area contributed by atoms with Crippen molar-refractivity contribution in [3.63, 3.8) is 0 Å². The second-order valence-electron chi connectivity index (χ2n) is 4.85. The summed E-state index contributed by atoms with van der Waals surface area (Å²) in [6, 6.07) is 0.448. The van der Waals surface area contributed by atoms with Crippen molar-refractivity contribution in [1.29, 1.82) is 0 Å². The van der Waals surface area contributed by atoms with Crippen LogP contribution in [-0.2, 0) is 9.53 Å². The van der Waals surface area contributed by atoms with Gasteiger partial charge in [0.25, 0.3) is 0 Å². The Hall–Kier alpha value is -0.610. The molecule has 16 heavy (non-hydrogen) atoms. The number of hydrogen-bond donors (Lipinski definition) is 1. The predicted octanol–water partition coefficient (Wildman–Crippen LogP) is 0.479. The highest BCUT2D eigenvalue weighted by Crippen LogP contribution is 2.34. The SMILES string of the molecule is CCC1C2CNCC2CN1C(=O)CCOC. The number of fused-ring (bicyclic) bond motifs is 1. The van der Waals surface area contributed by atoms with Crippen LogP contribution in [0.25, 0.3) is 0 Å². The number of carbonyl (C=O) groups excluding carboxylic acids is 1. The van der Waals surface area contributed by atoms with Gasteiger partial charge in [0.2, 0.25) is 5.91 Å². The van der Waals surface area contributed by atoms with E-state index in [1.165, 1.54) is 0 Å². The summed E-state index contributed by atoms with van der Waals surface area (Å²) >= 11 is 0. The van der Waals surface area contributed by atoms with Crippen molar-refractivity contribution < 1.29 is 9.53 Å². The fourth-order valence-electron chi connectivity index (χ4n) is 3.17. The molecule has 0 aromatic rings. The summed E-state index contributed by atoms with van der Waals surface area (Å²) < 4.78 is 4.98. The van der Waals surface area contributed by atoms with Crippen LogP contribution < -0.4 is 5.32 Å². The van der Waals surface area contributed by atoms with Gasteiger partial charge in [0, 0.05) is 32.8 Å². The van der Waals surface area contributed by atoms with Gasteiger partial charge in [-0.1, -0.05) is 6.92 Å². The van der Waals surface area contributed by atoms with E-state index >= 15 is 0 Å². The van der Waals surface area contributed by atoms with Gasteiger partial charge in [-0.3, -0.25) is 4.79 Å². The third-order valence-corrected chi connectivity index (χ3v) is 3.98. The number of rotatable bonds is 4. The zero-order valence-electron chi connectivity index (χ0n) is 10.2. The smallest absolute Gasteiger partial charge is 0.225 e. The van der Waals surface area contributed by atoms with E-state index in [2.05, 4.69) is 17.1 Å².